The normalized spacial score (nSPS) is 10.6. The topological polar surface area (TPSA) is 94.3 Å². The van der Waals surface area contributed by atoms with E-state index < -0.39 is 0 Å². The zero-order valence-corrected chi connectivity index (χ0v) is 17.1. The number of hydrogen-bond donors (Lipinski definition) is 1. The zero-order valence-electron chi connectivity index (χ0n) is 15.4. The highest BCUT2D eigenvalue weighted by Crippen LogP contribution is 2.25. The van der Waals surface area contributed by atoms with Gasteiger partial charge in [0.15, 0.2) is 4.34 Å². The highest BCUT2D eigenvalue weighted by atomic mass is 32.2. The molecule has 0 saturated carbocycles. The molecule has 7 nitrogen and oxygen atoms in total. The first-order valence-electron chi connectivity index (χ1n) is 8.60. The summed E-state index contributed by atoms with van der Waals surface area (Å²) in [5.74, 6) is -0.0636. The molecule has 0 saturated heterocycles. The molecule has 9 heteroatoms. The quantitative estimate of drug-likeness (QED) is 0.438. The average Bonchev–Trinajstić information content (AvgIpc) is 3.30. The number of rotatable bonds is 8. The van der Waals surface area contributed by atoms with Gasteiger partial charge in [-0.15, -0.1) is 11.3 Å². The van der Waals surface area contributed by atoms with Crippen LogP contribution in [-0.4, -0.2) is 34.4 Å². The molecule has 3 rings (SSSR count). The molecule has 1 N–H and O–H groups in total. The standard InChI is InChI=1S/C19H19N3O4S2/c1-3-25-18(24)8-14-10-27-19(20-14)28-11-16(23)21-17-9-15(22-26-17)13-6-4-12(2)5-7-13/h4-7,9-10H,3,8,11H2,1-2H3,(H,21,23). The van der Waals surface area contributed by atoms with Gasteiger partial charge in [-0.1, -0.05) is 46.7 Å². The summed E-state index contributed by atoms with van der Waals surface area (Å²) in [6.07, 6.45) is 0.136. The van der Waals surface area contributed by atoms with E-state index in [-0.39, 0.29) is 24.1 Å². The Morgan fingerprint density at radius 2 is 2.07 bits per heavy atom. The minimum Gasteiger partial charge on any atom is -0.466 e. The number of hydrogen-bond acceptors (Lipinski definition) is 8. The fraction of sp³-hybridized carbons (Fsp3) is 0.263. The summed E-state index contributed by atoms with van der Waals surface area (Å²) in [5, 5.41) is 8.46. The molecule has 0 aliphatic heterocycles. The van der Waals surface area contributed by atoms with Crippen molar-refractivity contribution in [3.05, 3.63) is 47.0 Å². The van der Waals surface area contributed by atoms with Gasteiger partial charge < -0.3 is 9.26 Å². The highest BCUT2D eigenvalue weighted by Gasteiger charge is 2.12. The Labute approximate surface area is 170 Å². The number of benzene rings is 1. The van der Waals surface area contributed by atoms with Gasteiger partial charge in [0.2, 0.25) is 11.8 Å². The van der Waals surface area contributed by atoms with Crippen LogP contribution >= 0.6 is 23.1 Å². The van der Waals surface area contributed by atoms with Crippen LogP contribution in [0.5, 0.6) is 0 Å². The maximum atomic E-state index is 12.1. The van der Waals surface area contributed by atoms with Crippen molar-refractivity contribution >= 4 is 40.9 Å². The van der Waals surface area contributed by atoms with Crippen LogP contribution in [0.25, 0.3) is 11.3 Å². The minimum absolute atomic E-state index is 0.136. The largest absolute Gasteiger partial charge is 0.466 e. The van der Waals surface area contributed by atoms with Gasteiger partial charge in [0.1, 0.15) is 5.69 Å². The van der Waals surface area contributed by atoms with Gasteiger partial charge in [-0.2, -0.15) is 0 Å². The van der Waals surface area contributed by atoms with Crippen molar-refractivity contribution in [3.8, 4) is 11.3 Å². The first-order valence-corrected chi connectivity index (χ1v) is 10.5. The number of nitrogens with one attached hydrogen (secondary N) is 1. The number of aromatic nitrogens is 2. The molecule has 0 atom stereocenters. The van der Waals surface area contributed by atoms with Crippen LogP contribution in [0.15, 0.2) is 44.6 Å². The lowest BCUT2D eigenvalue weighted by molar-refractivity contribution is -0.142. The third-order valence-electron chi connectivity index (χ3n) is 3.61. The Kier molecular flexibility index (Phi) is 6.83. The molecule has 1 aromatic carbocycles. The van der Waals surface area contributed by atoms with Crippen LogP contribution in [0.2, 0.25) is 0 Å². The van der Waals surface area contributed by atoms with E-state index in [0.717, 1.165) is 11.1 Å². The number of carbonyl (C=O) groups excluding carboxylic acids is 2. The molecule has 0 aliphatic rings. The Morgan fingerprint density at radius 3 is 2.82 bits per heavy atom. The van der Waals surface area contributed by atoms with E-state index in [1.54, 1.807) is 18.4 Å². The molecule has 28 heavy (non-hydrogen) atoms. The molecular formula is C19H19N3O4S2. The maximum absolute atomic E-state index is 12.1. The van der Waals surface area contributed by atoms with Crippen molar-refractivity contribution in [1.29, 1.82) is 0 Å². The fourth-order valence-electron chi connectivity index (χ4n) is 2.29. The number of anilines is 1. The van der Waals surface area contributed by atoms with Crippen molar-refractivity contribution in [1.82, 2.24) is 10.1 Å². The Bertz CT molecular complexity index is 950. The van der Waals surface area contributed by atoms with Crippen LogP contribution in [0.1, 0.15) is 18.2 Å². The summed E-state index contributed by atoms with van der Waals surface area (Å²) >= 11 is 2.68. The lowest BCUT2D eigenvalue weighted by atomic mass is 10.1. The molecule has 1 amide bonds. The van der Waals surface area contributed by atoms with E-state index in [1.807, 2.05) is 31.2 Å². The number of aryl methyl sites for hydroxylation is 1. The lowest BCUT2D eigenvalue weighted by Crippen LogP contribution is -2.13. The van der Waals surface area contributed by atoms with E-state index in [4.69, 9.17) is 9.26 Å². The molecule has 0 fully saturated rings. The van der Waals surface area contributed by atoms with Crippen LogP contribution in [0.4, 0.5) is 5.88 Å². The van der Waals surface area contributed by atoms with Crippen LogP contribution in [0.3, 0.4) is 0 Å². The average molecular weight is 418 g/mol. The third-order valence-corrected chi connectivity index (χ3v) is 5.68. The smallest absolute Gasteiger partial charge is 0.311 e. The first kappa shape index (κ1) is 20.1. The zero-order chi connectivity index (χ0) is 19.9. The van der Waals surface area contributed by atoms with Crippen LogP contribution < -0.4 is 5.32 Å². The molecular weight excluding hydrogens is 398 g/mol. The van der Waals surface area contributed by atoms with Gasteiger partial charge in [-0.3, -0.25) is 14.9 Å². The van der Waals surface area contributed by atoms with Gasteiger partial charge in [-0.05, 0) is 13.8 Å². The molecule has 3 aromatic rings. The number of amides is 1. The predicted octanol–water partition coefficient (Wildman–Crippen LogP) is 3.94. The SMILES string of the molecule is CCOC(=O)Cc1csc(SCC(=O)Nc2cc(-c3ccc(C)cc3)no2)n1. The number of esters is 1. The molecule has 0 bridgehead atoms. The maximum Gasteiger partial charge on any atom is 0.311 e. The monoisotopic (exact) mass is 417 g/mol. The summed E-state index contributed by atoms with van der Waals surface area (Å²) < 4.78 is 10.8. The lowest BCUT2D eigenvalue weighted by Gasteiger charge is -1.99. The first-order chi connectivity index (χ1) is 13.5. The van der Waals surface area contributed by atoms with Gasteiger partial charge in [-0.25, -0.2) is 4.98 Å². The predicted molar refractivity (Wildman–Crippen MR) is 108 cm³/mol. The van der Waals surface area contributed by atoms with Crippen LogP contribution in [-0.2, 0) is 20.7 Å². The summed E-state index contributed by atoms with van der Waals surface area (Å²) in [7, 11) is 0. The molecule has 0 radical (unpaired) electrons. The van der Waals surface area contributed by atoms with Crippen molar-refractivity contribution in [2.24, 2.45) is 0 Å². The molecule has 0 aliphatic carbocycles. The van der Waals surface area contributed by atoms with Gasteiger partial charge in [0.25, 0.3) is 0 Å². The van der Waals surface area contributed by atoms with E-state index >= 15 is 0 Å². The molecule has 2 aromatic heterocycles. The Morgan fingerprint density at radius 1 is 1.29 bits per heavy atom. The van der Waals surface area contributed by atoms with Crippen molar-refractivity contribution < 1.29 is 18.8 Å². The van der Waals surface area contributed by atoms with Crippen molar-refractivity contribution in [2.75, 3.05) is 17.7 Å². The number of thiazole rings is 1. The second kappa shape index (κ2) is 9.52. The van der Waals surface area contributed by atoms with Crippen molar-refractivity contribution in [3.63, 3.8) is 0 Å². The number of thioether (sulfide) groups is 1. The van der Waals surface area contributed by atoms with E-state index in [1.165, 1.54) is 23.1 Å². The minimum atomic E-state index is -0.309. The summed E-state index contributed by atoms with van der Waals surface area (Å²) in [5.41, 5.74) is 3.38. The van der Waals surface area contributed by atoms with Gasteiger partial charge in [0, 0.05) is 17.0 Å². The van der Waals surface area contributed by atoms with E-state index in [2.05, 4.69) is 15.5 Å². The summed E-state index contributed by atoms with van der Waals surface area (Å²) in [4.78, 5) is 27.9. The van der Waals surface area contributed by atoms with Gasteiger partial charge >= 0.3 is 5.97 Å². The van der Waals surface area contributed by atoms with E-state index in [9.17, 15) is 9.59 Å². The second-order valence-corrected chi connectivity index (χ2v) is 7.95. The van der Waals surface area contributed by atoms with E-state index in [0.29, 0.717) is 28.2 Å². The fourth-order valence-corrected chi connectivity index (χ4v) is 3.94. The highest BCUT2D eigenvalue weighted by molar-refractivity contribution is 8.01. The van der Waals surface area contributed by atoms with Gasteiger partial charge in [0.05, 0.1) is 24.5 Å². The molecule has 0 spiro atoms. The summed E-state index contributed by atoms with van der Waals surface area (Å²) in [6.45, 7) is 4.12. The third kappa shape index (κ3) is 5.67. The summed E-state index contributed by atoms with van der Waals surface area (Å²) in [6, 6.07) is 9.57. The second-order valence-electron chi connectivity index (χ2n) is 5.87. The van der Waals surface area contributed by atoms with Crippen LogP contribution in [0, 0.1) is 6.92 Å². The molecule has 2 heterocycles. The Hall–Kier alpha value is -2.65. The Balaban J connectivity index is 1.49. The number of nitrogens with zero attached hydrogens (tertiary/aromatic N) is 2. The number of carbonyl (C=O) groups is 2. The number of ether oxygens (including phenoxy) is 1. The molecule has 0 unspecified atom stereocenters. The van der Waals surface area contributed by atoms with Crippen molar-refractivity contribution in [2.45, 2.75) is 24.6 Å². The molecule has 146 valence electrons.